The zero-order chi connectivity index (χ0) is 18.5. The third kappa shape index (κ3) is 4.27. The summed E-state index contributed by atoms with van der Waals surface area (Å²) >= 11 is 0. The molecule has 2 heteroatoms. The van der Waals surface area contributed by atoms with E-state index in [0.29, 0.717) is 11.6 Å². The molecule has 0 fully saturated rings. The lowest BCUT2D eigenvalue weighted by atomic mass is 9.96. The van der Waals surface area contributed by atoms with Crippen LogP contribution in [0.3, 0.4) is 0 Å². The van der Waals surface area contributed by atoms with Crippen molar-refractivity contribution in [1.29, 1.82) is 0 Å². The molecule has 3 atom stereocenters. The van der Waals surface area contributed by atoms with Crippen molar-refractivity contribution in [2.75, 3.05) is 6.66 Å². The normalized spacial score (nSPS) is 14.2. The van der Waals surface area contributed by atoms with E-state index in [1.165, 1.54) is 28.3 Å². The first-order valence-electron chi connectivity index (χ1n) is 9.50. The van der Waals surface area contributed by atoms with Crippen LogP contribution in [0.4, 0.5) is 0 Å². The first-order chi connectivity index (χ1) is 12.6. The molecule has 0 saturated carbocycles. The second kappa shape index (κ2) is 8.69. The van der Waals surface area contributed by atoms with E-state index in [4.69, 9.17) is 4.74 Å². The Balaban J connectivity index is 1.97. The monoisotopic (exact) mass is 364 g/mol. The molecule has 0 aliphatic carbocycles. The SMILES string of the molecule is CPC(CC(C)C)c1cccc2c(OC(C)c3ccccc3)cccc12. The smallest absolute Gasteiger partial charge is 0.128 e. The highest BCUT2D eigenvalue weighted by atomic mass is 31.1. The predicted octanol–water partition coefficient (Wildman–Crippen LogP) is 7.38. The van der Waals surface area contributed by atoms with Gasteiger partial charge in [0.1, 0.15) is 11.9 Å². The lowest BCUT2D eigenvalue weighted by Gasteiger charge is -2.21. The number of rotatable bonds is 7. The van der Waals surface area contributed by atoms with Crippen molar-refractivity contribution in [1.82, 2.24) is 0 Å². The number of fused-ring (bicyclic) bond motifs is 1. The maximum absolute atomic E-state index is 6.37. The zero-order valence-corrected chi connectivity index (χ0v) is 17.2. The van der Waals surface area contributed by atoms with Gasteiger partial charge in [-0.2, -0.15) is 0 Å². The van der Waals surface area contributed by atoms with E-state index < -0.39 is 0 Å². The van der Waals surface area contributed by atoms with Gasteiger partial charge < -0.3 is 4.74 Å². The fourth-order valence-electron chi connectivity index (χ4n) is 3.57. The topological polar surface area (TPSA) is 9.23 Å². The Morgan fingerprint density at radius 3 is 2.19 bits per heavy atom. The molecule has 0 aliphatic heterocycles. The zero-order valence-electron chi connectivity index (χ0n) is 16.2. The molecule has 26 heavy (non-hydrogen) atoms. The predicted molar refractivity (Wildman–Crippen MR) is 116 cm³/mol. The number of benzene rings is 3. The Bertz CT molecular complexity index is 841. The largest absolute Gasteiger partial charge is 0.485 e. The van der Waals surface area contributed by atoms with Crippen LogP contribution in [-0.4, -0.2) is 6.66 Å². The van der Waals surface area contributed by atoms with Gasteiger partial charge >= 0.3 is 0 Å². The summed E-state index contributed by atoms with van der Waals surface area (Å²) in [5, 5.41) is 2.56. The molecule has 0 amide bonds. The molecule has 0 saturated heterocycles. The van der Waals surface area contributed by atoms with E-state index in [1.807, 2.05) is 6.07 Å². The number of hydrogen-bond donors (Lipinski definition) is 0. The molecule has 3 aromatic rings. The average molecular weight is 364 g/mol. The Kier molecular flexibility index (Phi) is 6.33. The second-order valence-corrected chi connectivity index (χ2v) is 8.61. The van der Waals surface area contributed by atoms with E-state index in [9.17, 15) is 0 Å². The Morgan fingerprint density at radius 1 is 0.808 bits per heavy atom. The molecule has 3 aromatic carbocycles. The Hall–Kier alpha value is -1.85. The van der Waals surface area contributed by atoms with Crippen LogP contribution in [0, 0.1) is 5.92 Å². The van der Waals surface area contributed by atoms with Gasteiger partial charge in [0.2, 0.25) is 0 Å². The van der Waals surface area contributed by atoms with Gasteiger partial charge in [-0.15, -0.1) is 8.58 Å². The second-order valence-electron chi connectivity index (χ2n) is 7.34. The van der Waals surface area contributed by atoms with Gasteiger partial charge in [-0.25, -0.2) is 0 Å². The molecule has 1 nitrogen and oxygen atoms in total. The molecule has 0 heterocycles. The van der Waals surface area contributed by atoms with Crippen LogP contribution in [0.25, 0.3) is 10.8 Å². The maximum Gasteiger partial charge on any atom is 0.128 e. The Labute approximate surface area is 159 Å². The summed E-state index contributed by atoms with van der Waals surface area (Å²) in [5.74, 6) is 1.68. The number of ether oxygens (including phenoxy) is 1. The third-order valence-corrected chi connectivity index (χ3v) is 6.16. The maximum atomic E-state index is 6.37. The lowest BCUT2D eigenvalue weighted by Crippen LogP contribution is -2.04. The fourth-order valence-corrected chi connectivity index (χ4v) is 4.84. The Morgan fingerprint density at radius 2 is 1.50 bits per heavy atom. The van der Waals surface area contributed by atoms with Crippen molar-refractivity contribution in [2.24, 2.45) is 5.92 Å². The van der Waals surface area contributed by atoms with Crippen molar-refractivity contribution in [2.45, 2.75) is 39.0 Å². The van der Waals surface area contributed by atoms with E-state index in [2.05, 4.69) is 88.1 Å². The average Bonchev–Trinajstić information content (AvgIpc) is 2.66. The highest BCUT2D eigenvalue weighted by Gasteiger charge is 2.16. The van der Waals surface area contributed by atoms with Crippen LogP contribution in [-0.2, 0) is 0 Å². The third-order valence-electron chi connectivity index (χ3n) is 4.92. The summed E-state index contributed by atoms with van der Waals surface area (Å²) in [6.45, 7) is 9.07. The summed E-state index contributed by atoms with van der Waals surface area (Å²) in [4.78, 5) is 0. The lowest BCUT2D eigenvalue weighted by molar-refractivity contribution is 0.230. The highest BCUT2D eigenvalue weighted by molar-refractivity contribution is 7.37. The summed E-state index contributed by atoms with van der Waals surface area (Å²) in [5.41, 5.74) is 3.30. The van der Waals surface area contributed by atoms with Crippen molar-refractivity contribution >= 4 is 19.4 Å². The summed E-state index contributed by atoms with van der Waals surface area (Å²) in [7, 11) is 0.912. The van der Waals surface area contributed by atoms with Crippen molar-refractivity contribution in [3.63, 3.8) is 0 Å². The summed E-state index contributed by atoms with van der Waals surface area (Å²) < 4.78 is 6.37. The van der Waals surface area contributed by atoms with Crippen molar-refractivity contribution in [3.8, 4) is 5.75 Å². The number of hydrogen-bond acceptors (Lipinski definition) is 1. The molecular formula is C24H29OP. The molecule has 0 spiro atoms. The van der Waals surface area contributed by atoms with Crippen LogP contribution in [0.2, 0.25) is 0 Å². The molecule has 0 radical (unpaired) electrons. The fraction of sp³-hybridized carbons (Fsp3) is 0.333. The van der Waals surface area contributed by atoms with Gasteiger partial charge in [-0.3, -0.25) is 0 Å². The van der Waals surface area contributed by atoms with Crippen LogP contribution >= 0.6 is 8.58 Å². The molecule has 0 N–H and O–H groups in total. The summed E-state index contributed by atoms with van der Waals surface area (Å²) in [6.07, 6.45) is 1.27. The first-order valence-corrected chi connectivity index (χ1v) is 11.1. The van der Waals surface area contributed by atoms with Crippen molar-refractivity contribution in [3.05, 3.63) is 77.9 Å². The summed E-state index contributed by atoms with van der Waals surface area (Å²) in [6, 6.07) is 23.6. The molecular weight excluding hydrogens is 335 g/mol. The van der Waals surface area contributed by atoms with E-state index in [-0.39, 0.29) is 6.10 Å². The minimum Gasteiger partial charge on any atom is -0.485 e. The molecule has 136 valence electrons. The van der Waals surface area contributed by atoms with Crippen molar-refractivity contribution < 1.29 is 4.74 Å². The van der Waals surface area contributed by atoms with Crippen LogP contribution in [0.15, 0.2) is 66.7 Å². The minimum atomic E-state index is 0.0324. The molecule has 0 aromatic heterocycles. The van der Waals surface area contributed by atoms with Crippen LogP contribution in [0.5, 0.6) is 5.75 Å². The van der Waals surface area contributed by atoms with Gasteiger partial charge in [0.05, 0.1) is 0 Å². The van der Waals surface area contributed by atoms with Crippen LogP contribution < -0.4 is 4.74 Å². The van der Waals surface area contributed by atoms with Gasteiger partial charge in [-0.1, -0.05) is 74.5 Å². The van der Waals surface area contributed by atoms with E-state index in [1.54, 1.807) is 0 Å². The van der Waals surface area contributed by atoms with Gasteiger partial charge in [-0.05, 0) is 48.5 Å². The molecule has 3 unspecified atom stereocenters. The van der Waals surface area contributed by atoms with E-state index >= 15 is 0 Å². The molecule has 0 aliphatic rings. The minimum absolute atomic E-state index is 0.0324. The van der Waals surface area contributed by atoms with Gasteiger partial charge in [0.15, 0.2) is 0 Å². The van der Waals surface area contributed by atoms with E-state index in [0.717, 1.165) is 14.3 Å². The van der Waals surface area contributed by atoms with Gasteiger partial charge in [0, 0.05) is 11.0 Å². The van der Waals surface area contributed by atoms with Crippen LogP contribution in [0.1, 0.15) is 50.1 Å². The molecule has 3 rings (SSSR count). The molecule has 0 bridgehead atoms. The first kappa shape index (κ1) is 18.9. The highest BCUT2D eigenvalue weighted by Crippen LogP contribution is 2.42. The quantitative estimate of drug-likeness (QED) is 0.398. The standard InChI is InChI=1S/C24H29OP/c1-17(2)16-24(26-4)22-14-8-13-21-20(22)12-9-15-23(21)25-18(3)19-10-6-5-7-11-19/h5-15,17-18,24,26H,16H2,1-4H3. The van der Waals surface area contributed by atoms with Gasteiger partial charge in [0.25, 0.3) is 0 Å².